The second kappa shape index (κ2) is 5.46. The molecule has 2 heterocycles. The topological polar surface area (TPSA) is 73.8 Å². The predicted octanol–water partition coefficient (Wildman–Crippen LogP) is 4.07. The van der Waals surface area contributed by atoms with Crippen LogP contribution in [0.3, 0.4) is 0 Å². The summed E-state index contributed by atoms with van der Waals surface area (Å²) in [5, 5.41) is 14.3. The van der Waals surface area contributed by atoms with Crippen molar-refractivity contribution in [2.75, 3.05) is 5.32 Å². The van der Waals surface area contributed by atoms with E-state index < -0.39 is 0 Å². The van der Waals surface area contributed by atoms with Gasteiger partial charge >= 0.3 is 0 Å². The van der Waals surface area contributed by atoms with E-state index in [4.69, 9.17) is 0 Å². The minimum atomic E-state index is 0.196. The lowest BCUT2D eigenvalue weighted by Gasteiger charge is -2.10. The van der Waals surface area contributed by atoms with Crippen LogP contribution < -0.4 is 5.32 Å². The predicted molar refractivity (Wildman–Crippen MR) is 90.7 cm³/mol. The highest BCUT2D eigenvalue weighted by molar-refractivity contribution is 5.95. The zero-order valence-electron chi connectivity index (χ0n) is 12.2. The molecule has 2 aromatic heterocycles. The molecule has 4 rings (SSSR count). The Morgan fingerprint density at radius 3 is 2.87 bits per heavy atom. The standard InChI is InChI=1S/C18H14N4O/c23-14-9-12(15-2-1-3-17-16(15)4-5-20-17)8-13(10-14)22-18-11-19-6-7-21-18/h1-11,20,23H,(H,21,22). The maximum atomic E-state index is 10.1. The molecule has 3 N–H and O–H groups in total. The Hall–Kier alpha value is -3.34. The minimum absolute atomic E-state index is 0.196. The molecule has 2 aromatic carbocycles. The van der Waals surface area contributed by atoms with Crippen molar-refractivity contribution in [3.8, 4) is 16.9 Å². The second-order valence-corrected chi connectivity index (χ2v) is 5.23. The van der Waals surface area contributed by atoms with Gasteiger partial charge in [0, 0.05) is 41.2 Å². The van der Waals surface area contributed by atoms with Gasteiger partial charge in [-0.15, -0.1) is 0 Å². The maximum absolute atomic E-state index is 10.1. The average Bonchev–Trinajstić information content (AvgIpc) is 3.04. The first-order valence-electron chi connectivity index (χ1n) is 7.23. The minimum Gasteiger partial charge on any atom is -0.508 e. The van der Waals surface area contributed by atoms with Crippen LogP contribution in [-0.2, 0) is 0 Å². The van der Waals surface area contributed by atoms with Crippen molar-refractivity contribution in [1.82, 2.24) is 15.0 Å². The third-order valence-corrected chi connectivity index (χ3v) is 3.66. The molecule has 0 saturated carbocycles. The number of hydrogen-bond donors (Lipinski definition) is 3. The summed E-state index contributed by atoms with van der Waals surface area (Å²) in [4.78, 5) is 11.4. The molecule has 5 nitrogen and oxygen atoms in total. The van der Waals surface area contributed by atoms with Crippen LogP contribution in [0.4, 0.5) is 11.5 Å². The summed E-state index contributed by atoms with van der Waals surface area (Å²) in [7, 11) is 0. The van der Waals surface area contributed by atoms with Gasteiger partial charge < -0.3 is 15.4 Å². The highest BCUT2D eigenvalue weighted by Gasteiger charge is 2.08. The van der Waals surface area contributed by atoms with Crippen molar-refractivity contribution in [1.29, 1.82) is 0 Å². The van der Waals surface area contributed by atoms with E-state index >= 15 is 0 Å². The van der Waals surface area contributed by atoms with Gasteiger partial charge in [-0.1, -0.05) is 12.1 Å². The quantitative estimate of drug-likeness (QED) is 0.533. The number of aromatic hydroxyl groups is 1. The molecule has 0 saturated heterocycles. The molecule has 0 bridgehead atoms. The number of H-pyrrole nitrogens is 1. The van der Waals surface area contributed by atoms with Crippen LogP contribution in [0.5, 0.6) is 5.75 Å². The number of phenolic OH excluding ortho intramolecular Hbond substituents is 1. The van der Waals surface area contributed by atoms with E-state index in [9.17, 15) is 5.11 Å². The maximum Gasteiger partial charge on any atom is 0.148 e. The Morgan fingerprint density at radius 1 is 1.04 bits per heavy atom. The Balaban J connectivity index is 1.79. The summed E-state index contributed by atoms with van der Waals surface area (Å²) < 4.78 is 0. The van der Waals surface area contributed by atoms with Crippen LogP contribution in [0.1, 0.15) is 0 Å². The van der Waals surface area contributed by atoms with Gasteiger partial charge in [0.25, 0.3) is 0 Å². The molecule has 0 radical (unpaired) electrons. The fourth-order valence-corrected chi connectivity index (χ4v) is 2.69. The number of phenols is 1. The lowest BCUT2D eigenvalue weighted by Crippen LogP contribution is -1.94. The molecule has 0 unspecified atom stereocenters. The van der Waals surface area contributed by atoms with E-state index in [-0.39, 0.29) is 5.75 Å². The molecular formula is C18H14N4O. The number of nitrogens with one attached hydrogen (secondary N) is 2. The molecule has 0 spiro atoms. The first-order chi connectivity index (χ1) is 11.3. The normalized spacial score (nSPS) is 10.8. The highest BCUT2D eigenvalue weighted by Crippen LogP contribution is 2.33. The van der Waals surface area contributed by atoms with Crippen molar-refractivity contribution in [2.45, 2.75) is 0 Å². The summed E-state index contributed by atoms with van der Waals surface area (Å²) in [6, 6.07) is 13.5. The second-order valence-electron chi connectivity index (χ2n) is 5.23. The average molecular weight is 302 g/mol. The monoisotopic (exact) mass is 302 g/mol. The van der Waals surface area contributed by atoms with E-state index in [2.05, 4.69) is 20.3 Å². The van der Waals surface area contributed by atoms with Crippen LogP contribution in [-0.4, -0.2) is 20.1 Å². The van der Waals surface area contributed by atoms with E-state index in [1.165, 1.54) is 0 Å². The third-order valence-electron chi connectivity index (χ3n) is 3.66. The number of fused-ring (bicyclic) bond motifs is 1. The molecule has 5 heteroatoms. The lowest BCUT2D eigenvalue weighted by atomic mass is 10.0. The first kappa shape index (κ1) is 13.3. The number of nitrogens with zero attached hydrogens (tertiary/aromatic N) is 2. The SMILES string of the molecule is Oc1cc(Nc2cnccn2)cc(-c2cccc3[nH]ccc23)c1. The van der Waals surface area contributed by atoms with Crippen LogP contribution >= 0.6 is 0 Å². The molecule has 112 valence electrons. The van der Waals surface area contributed by atoms with Gasteiger partial charge in [0.05, 0.1) is 6.20 Å². The number of anilines is 2. The molecule has 0 atom stereocenters. The number of benzene rings is 2. The molecule has 0 aliphatic rings. The third kappa shape index (κ3) is 2.60. The first-order valence-corrected chi connectivity index (χ1v) is 7.23. The number of rotatable bonds is 3. The fraction of sp³-hybridized carbons (Fsp3) is 0. The number of aromatic amines is 1. The fourth-order valence-electron chi connectivity index (χ4n) is 2.69. The van der Waals surface area contributed by atoms with Gasteiger partial charge in [-0.25, -0.2) is 4.98 Å². The Morgan fingerprint density at radius 2 is 2.00 bits per heavy atom. The van der Waals surface area contributed by atoms with E-state index in [0.717, 1.165) is 27.7 Å². The highest BCUT2D eigenvalue weighted by atomic mass is 16.3. The summed E-state index contributed by atoms with van der Waals surface area (Å²) in [5.41, 5.74) is 3.81. The zero-order chi connectivity index (χ0) is 15.6. The van der Waals surface area contributed by atoms with E-state index in [0.29, 0.717) is 5.82 Å². The Bertz CT molecular complexity index is 963. The Kier molecular flexibility index (Phi) is 3.16. The van der Waals surface area contributed by atoms with Crippen LogP contribution in [0.25, 0.3) is 22.0 Å². The van der Waals surface area contributed by atoms with Crippen molar-refractivity contribution in [2.24, 2.45) is 0 Å². The van der Waals surface area contributed by atoms with E-state index in [1.807, 2.05) is 36.5 Å². The smallest absolute Gasteiger partial charge is 0.148 e. The molecule has 0 aliphatic heterocycles. The molecule has 4 aromatic rings. The molecule has 0 fully saturated rings. The number of hydrogen-bond acceptors (Lipinski definition) is 4. The van der Waals surface area contributed by atoms with Gasteiger partial charge in [-0.3, -0.25) is 4.98 Å². The van der Waals surface area contributed by atoms with Crippen LogP contribution in [0, 0.1) is 0 Å². The van der Waals surface area contributed by atoms with Gasteiger partial charge in [-0.05, 0) is 35.4 Å². The van der Waals surface area contributed by atoms with E-state index in [1.54, 1.807) is 30.7 Å². The number of aromatic nitrogens is 3. The lowest BCUT2D eigenvalue weighted by molar-refractivity contribution is 0.476. The van der Waals surface area contributed by atoms with Crippen molar-refractivity contribution < 1.29 is 5.11 Å². The van der Waals surface area contributed by atoms with Crippen molar-refractivity contribution in [3.05, 3.63) is 67.3 Å². The summed E-state index contributed by atoms with van der Waals surface area (Å²) in [6.07, 6.45) is 6.78. The van der Waals surface area contributed by atoms with Gasteiger partial charge in [-0.2, -0.15) is 0 Å². The van der Waals surface area contributed by atoms with Crippen LogP contribution in [0.2, 0.25) is 0 Å². The zero-order valence-corrected chi connectivity index (χ0v) is 12.2. The van der Waals surface area contributed by atoms with Crippen molar-refractivity contribution in [3.63, 3.8) is 0 Å². The summed E-state index contributed by atoms with van der Waals surface area (Å²) in [6.45, 7) is 0. The molecule has 0 aliphatic carbocycles. The van der Waals surface area contributed by atoms with Crippen LogP contribution in [0.15, 0.2) is 67.3 Å². The Labute approximate surface area is 132 Å². The van der Waals surface area contributed by atoms with Crippen molar-refractivity contribution >= 4 is 22.4 Å². The molecular weight excluding hydrogens is 288 g/mol. The molecule has 0 amide bonds. The summed E-state index contributed by atoms with van der Waals surface area (Å²) >= 11 is 0. The van der Waals surface area contributed by atoms with Gasteiger partial charge in [0.2, 0.25) is 0 Å². The van der Waals surface area contributed by atoms with Gasteiger partial charge in [0.1, 0.15) is 11.6 Å². The van der Waals surface area contributed by atoms with Gasteiger partial charge in [0.15, 0.2) is 0 Å². The largest absolute Gasteiger partial charge is 0.508 e. The summed E-state index contributed by atoms with van der Waals surface area (Å²) in [5.74, 6) is 0.824. The molecule has 23 heavy (non-hydrogen) atoms.